The second kappa shape index (κ2) is 7.51. The van der Waals surface area contributed by atoms with Crippen molar-refractivity contribution in [3.8, 4) is 11.3 Å². The minimum atomic E-state index is -4.43. The zero-order valence-corrected chi connectivity index (χ0v) is 15.3. The first kappa shape index (κ1) is 18.7. The molecule has 1 aromatic carbocycles. The van der Waals surface area contributed by atoms with Crippen molar-refractivity contribution >= 4 is 21.9 Å². The fourth-order valence-corrected chi connectivity index (χ4v) is 2.86. The number of alkyl halides is 4. The van der Waals surface area contributed by atoms with Crippen LogP contribution in [-0.4, -0.2) is 27.9 Å². The van der Waals surface area contributed by atoms with Crippen molar-refractivity contribution in [2.24, 2.45) is 0 Å². The predicted molar refractivity (Wildman–Crippen MR) is 93.5 cm³/mol. The molecule has 0 N–H and O–H groups in total. The van der Waals surface area contributed by atoms with Gasteiger partial charge in [0.15, 0.2) is 0 Å². The monoisotopic (exact) mass is 401 g/mol. The van der Waals surface area contributed by atoms with Crippen molar-refractivity contribution in [1.82, 2.24) is 9.97 Å². The number of anilines is 1. The van der Waals surface area contributed by atoms with Crippen LogP contribution in [0.3, 0.4) is 0 Å². The molecule has 24 heavy (non-hydrogen) atoms. The first-order valence-electron chi connectivity index (χ1n) is 7.62. The largest absolute Gasteiger partial charge is 0.417 e. The summed E-state index contributed by atoms with van der Waals surface area (Å²) in [5.74, 6) is 0.441. The van der Waals surface area contributed by atoms with Crippen LogP contribution in [-0.2, 0) is 6.18 Å². The molecule has 1 heterocycles. The fraction of sp³-hybridized carbons (Fsp3) is 0.412. The zero-order valence-electron chi connectivity index (χ0n) is 13.7. The summed E-state index contributed by atoms with van der Waals surface area (Å²) in [4.78, 5) is 10.8. The number of nitrogens with zero attached hydrogens (tertiary/aromatic N) is 3. The molecule has 0 bridgehead atoms. The average Bonchev–Trinajstić information content (AvgIpc) is 2.54. The van der Waals surface area contributed by atoms with Gasteiger partial charge in [-0.15, -0.1) is 0 Å². The van der Waals surface area contributed by atoms with Crippen molar-refractivity contribution in [3.63, 3.8) is 0 Å². The molecule has 2 aromatic rings. The minimum Gasteiger partial charge on any atom is -0.338 e. The van der Waals surface area contributed by atoms with Gasteiger partial charge < -0.3 is 4.90 Å². The molecule has 0 saturated carbocycles. The molecule has 3 nitrogen and oxygen atoms in total. The fourth-order valence-electron chi connectivity index (χ4n) is 2.51. The molecule has 0 amide bonds. The Morgan fingerprint density at radius 2 is 1.88 bits per heavy atom. The Labute approximate surface area is 148 Å². The Hall–Kier alpha value is -1.63. The SMILES string of the molecule is CCN(c1nc(C)cc(-c2ccccc2C(F)(F)F)n1)C(C)CBr. The number of halogens is 4. The van der Waals surface area contributed by atoms with Gasteiger partial charge in [-0.1, -0.05) is 34.1 Å². The molecule has 7 heteroatoms. The van der Waals surface area contributed by atoms with Crippen LogP contribution in [0.4, 0.5) is 19.1 Å². The molecule has 0 aliphatic carbocycles. The first-order valence-corrected chi connectivity index (χ1v) is 8.75. The van der Waals surface area contributed by atoms with Gasteiger partial charge in [-0.3, -0.25) is 0 Å². The molecule has 0 fully saturated rings. The van der Waals surface area contributed by atoms with Gasteiger partial charge in [0.25, 0.3) is 0 Å². The highest BCUT2D eigenvalue weighted by atomic mass is 79.9. The highest BCUT2D eigenvalue weighted by molar-refractivity contribution is 9.09. The van der Waals surface area contributed by atoms with Gasteiger partial charge in [0.2, 0.25) is 5.95 Å². The summed E-state index contributed by atoms with van der Waals surface area (Å²) >= 11 is 3.43. The molecule has 2 rings (SSSR count). The minimum absolute atomic E-state index is 0.0688. The van der Waals surface area contributed by atoms with Crippen molar-refractivity contribution in [1.29, 1.82) is 0 Å². The van der Waals surface area contributed by atoms with E-state index in [2.05, 4.69) is 25.9 Å². The highest BCUT2D eigenvalue weighted by Crippen LogP contribution is 2.36. The van der Waals surface area contributed by atoms with Crippen LogP contribution in [0.25, 0.3) is 11.3 Å². The highest BCUT2D eigenvalue weighted by Gasteiger charge is 2.33. The number of hydrogen-bond donors (Lipinski definition) is 0. The second-order valence-electron chi connectivity index (χ2n) is 5.53. The Morgan fingerprint density at radius 1 is 1.21 bits per heavy atom. The first-order chi connectivity index (χ1) is 11.3. The van der Waals surface area contributed by atoms with Gasteiger partial charge in [0, 0.05) is 29.2 Å². The van der Waals surface area contributed by atoms with E-state index in [1.807, 2.05) is 18.7 Å². The van der Waals surface area contributed by atoms with E-state index in [1.54, 1.807) is 19.1 Å². The summed E-state index contributed by atoms with van der Waals surface area (Å²) in [6, 6.07) is 7.19. The molecular weight excluding hydrogens is 383 g/mol. The summed E-state index contributed by atoms with van der Waals surface area (Å²) in [6.45, 7) is 6.40. The Morgan fingerprint density at radius 3 is 2.46 bits per heavy atom. The Bertz CT molecular complexity index is 704. The lowest BCUT2D eigenvalue weighted by molar-refractivity contribution is -0.137. The number of aryl methyl sites for hydroxylation is 1. The van der Waals surface area contributed by atoms with E-state index in [4.69, 9.17) is 0 Å². The lowest BCUT2D eigenvalue weighted by atomic mass is 10.0. The summed E-state index contributed by atoms with van der Waals surface area (Å²) in [5.41, 5.74) is 0.294. The van der Waals surface area contributed by atoms with E-state index >= 15 is 0 Å². The quantitative estimate of drug-likeness (QED) is 0.654. The molecule has 130 valence electrons. The van der Waals surface area contributed by atoms with Gasteiger partial charge in [0.1, 0.15) is 0 Å². The molecule has 0 aliphatic rings. The topological polar surface area (TPSA) is 29.0 Å². The molecule has 0 spiro atoms. The number of aromatic nitrogens is 2. The molecular formula is C17H19BrF3N3. The van der Waals surface area contributed by atoms with E-state index in [0.29, 0.717) is 23.5 Å². The van der Waals surface area contributed by atoms with Crippen molar-refractivity contribution < 1.29 is 13.2 Å². The summed E-state index contributed by atoms with van der Waals surface area (Å²) in [5, 5.41) is 0.715. The maximum Gasteiger partial charge on any atom is 0.417 e. The van der Waals surface area contributed by atoms with Gasteiger partial charge in [0.05, 0.1) is 11.3 Å². The zero-order chi connectivity index (χ0) is 17.9. The molecule has 0 aliphatic heterocycles. The van der Waals surface area contributed by atoms with Gasteiger partial charge in [-0.2, -0.15) is 13.2 Å². The summed E-state index contributed by atoms with van der Waals surface area (Å²) in [7, 11) is 0. The number of benzene rings is 1. The van der Waals surface area contributed by atoms with Gasteiger partial charge in [-0.05, 0) is 32.9 Å². The number of hydrogen-bond acceptors (Lipinski definition) is 3. The normalized spacial score (nSPS) is 13.0. The third-order valence-corrected chi connectivity index (χ3v) is 4.64. The van der Waals surface area contributed by atoms with Crippen molar-refractivity contribution in [3.05, 3.63) is 41.6 Å². The molecule has 1 unspecified atom stereocenters. The standard InChI is InChI=1S/C17H19BrF3N3/c1-4-24(12(3)10-18)16-22-11(2)9-15(23-16)13-7-5-6-8-14(13)17(19,20)21/h5-9,12H,4,10H2,1-3H3. The average molecular weight is 402 g/mol. The van der Waals surface area contributed by atoms with Crippen LogP contribution in [0.5, 0.6) is 0 Å². The maximum absolute atomic E-state index is 13.3. The van der Waals surface area contributed by atoms with Crippen molar-refractivity contribution in [2.75, 3.05) is 16.8 Å². The Kier molecular flexibility index (Phi) is 5.85. The maximum atomic E-state index is 13.3. The van der Waals surface area contributed by atoms with Crippen LogP contribution < -0.4 is 4.90 Å². The van der Waals surface area contributed by atoms with E-state index in [-0.39, 0.29) is 17.3 Å². The third kappa shape index (κ3) is 4.06. The van der Waals surface area contributed by atoms with Gasteiger partial charge in [-0.25, -0.2) is 9.97 Å². The van der Waals surface area contributed by atoms with Crippen LogP contribution in [0.2, 0.25) is 0 Å². The van der Waals surface area contributed by atoms with Crippen LogP contribution in [0.15, 0.2) is 30.3 Å². The molecule has 1 atom stereocenters. The number of rotatable bonds is 5. The van der Waals surface area contributed by atoms with Gasteiger partial charge >= 0.3 is 6.18 Å². The summed E-state index contributed by atoms with van der Waals surface area (Å²) < 4.78 is 39.8. The molecule has 0 radical (unpaired) electrons. The summed E-state index contributed by atoms with van der Waals surface area (Å²) in [6.07, 6.45) is -4.43. The Balaban J connectivity index is 2.58. The van der Waals surface area contributed by atoms with Crippen LogP contribution >= 0.6 is 15.9 Å². The third-order valence-electron chi connectivity index (χ3n) is 3.70. The molecule has 1 aromatic heterocycles. The van der Waals surface area contributed by atoms with Crippen LogP contribution in [0, 0.1) is 6.92 Å². The van der Waals surface area contributed by atoms with Crippen molar-refractivity contribution in [2.45, 2.75) is 33.0 Å². The lowest BCUT2D eigenvalue weighted by Gasteiger charge is -2.27. The molecule has 0 saturated heterocycles. The predicted octanol–water partition coefficient (Wildman–Crippen LogP) is 5.08. The lowest BCUT2D eigenvalue weighted by Crippen LogP contribution is -2.35. The smallest absolute Gasteiger partial charge is 0.338 e. The van der Waals surface area contributed by atoms with E-state index in [0.717, 1.165) is 6.07 Å². The van der Waals surface area contributed by atoms with E-state index in [9.17, 15) is 13.2 Å². The van der Waals surface area contributed by atoms with E-state index in [1.165, 1.54) is 12.1 Å². The second-order valence-corrected chi connectivity index (χ2v) is 6.17. The van der Waals surface area contributed by atoms with E-state index < -0.39 is 11.7 Å². The van der Waals surface area contributed by atoms with Crippen LogP contribution in [0.1, 0.15) is 25.1 Å².